The number of aryl methyl sites for hydroxylation is 2. The molecule has 0 atom stereocenters. The Kier molecular flexibility index (Phi) is 9.65. The van der Waals surface area contributed by atoms with Crippen molar-refractivity contribution in [1.82, 2.24) is 8.80 Å². The van der Waals surface area contributed by atoms with Crippen LogP contribution >= 0.6 is 0 Å². The molecule has 0 unspecified atom stereocenters. The summed E-state index contributed by atoms with van der Waals surface area (Å²) < 4.78 is 18.8. The van der Waals surface area contributed by atoms with Gasteiger partial charge in [-0.2, -0.15) is 0 Å². The zero-order chi connectivity index (χ0) is 56.5. The van der Waals surface area contributed by atoms with Crippen molar-refractivity contribution in [3.8, 4) is 22.3 Å². The third kappa shape index (κ3) is 6.44. The Balaban J connectivity index is 0.907. The molecule has 0 N–H and O–H groups in total. The lowest BCUT2D eigenvalue weighted by Gasteiger charge is -2.26. The number of rotatable bonds is 8. The summed E-state index contributed by atoms with van der Waals surface area (Å²) in [5, 5.41) is 14.1. The largest absolute Gasteiger partial charge is 0.454 e. The highest BCUT2D eigenvalue weighted by Gasteiger charge is 2.32. The number of para-hydroxylation sites is 6. The van der Waals surface area contributed by atoms with Gasteiger partial charge in [0.1, 0.15) is 11.2 Å². The SMILES string of the molecule is Cc1ccc(N(c2ccc3c(c2)c2cccc4c5c(-c6ccccc6)c6c(c(-c7ccccc7)c5n3c24)c2cccc3c4cc(N(c5ccc(C)cc5)c5cccc7c5oc5ccccc57)ccc4n6c32)c2cccc3c2oc2ccccc23)cc1. The predicted molar refractivity (Wildman–Crippen MR) is 360 cm³/mol. The minimum absolute atomic E-state index is 0.860. The number of anilines is 6. The first-order chi connectivity index (χ1) is 42.5. The number of fused-ring (bicyclic) bond motifs is 18. The summed E-state index contributed by atoms with van der Waals surface area (Å²) in [6.07, 6.45) is 0. The van der Waals surface area contributed by atoms with Crippen LogP contribution in [0.15, 0.2) is 276 Å². The van der Waals surface area contributed by atoms with E-state index in [0.717, 1.165) is 89.0 Å². The summed E-state index contributed by atoms with van der Waals surface area (Å²) in [5.41, 5.74) is 24.0. The van der Waals surface area contributed by atoms with Gasteiger partial charge in [0.05, 0.1) is 44.5 Å². The maximum Gasteiger partial charge on any atom is 0.159 e. The number of nitrogens with zero attached hydrogens (tertiary/aromatic N) is 4. The fraction of sp³-hybridized carbons (Fsp3) is 0.0250. The molecule has 0 saturated heterocycles. The quantitative estimate of drug-likeness (QED) is 0.152. The molecule has 0 bridgehead atoms. The zero-order valence-electron chi connectivity index (χ0n) is 47.0. The normalized spacial score (nSPS) is 12.3. The number of benzene rings is 13. The average Bonchev–Trinajstić information content (AvgIpc) is 1.52. The molecule has 0 aliphatic rings. The van der Waals surface area contributed by atoms with E-state index in [1.54, 1.807) is 0 Å². The van der Waals surface area contributed by atoms with Crippen LogP contribution in [0.5, 0.6) is 0 Å². The minimum Gasteiger partial charge on any atom is -0.454 e. The Morgan fingerprint density at radius 2 is 0.640 bits per heavy atom. The van der Waals surface area contributed by atoms with Crippen LogP contribution in [0.1, 0.15) is 11.1 Å². The topological polar surface area (TPSA) is 41.6 Å². The third-order valence-corrected chi connectivity index (χ3v) is 18.4. The Morgan fingerprint density at radius 3 is 1.08 bits per heavy atom. The second kappa shape index (κ2) is 17.6. The van der Waals surface area contributed by atoms with Crippen LogP contribution in [0, 0.1) is 13.8 Å². The summed E-state index contributed by atoms with van der Waals surface area (Å²) in [6, 6.07) is 97.8. The highest BCUT2D eigenvalue weighted by atomic mass is 16.3. The third-order valence-electron chi connectivity index (χ3n) is 18.4. The minimum atomic E-state index is 0.860. The van der Waals surface area contributed by atoms with Gasteiger partial charge in [-0.05, 0) is 110 Å². The van der Waals surface area contributed by atoms with Crippen LogP contribution in [-0.2, 0) is 0 Å². The van der Waals surface area contributed by atoms with Crippen molar-refractivity contribution in [2.24, 2.45) is 0 Å². The van der Waals surface area contributed by atoms with Gasteiger partial charge in [-0.1, -0.05) is 193 Å². The van der Waals surface area contributed by atoms with Gasteiger partial charge in [0.25, 0.3) is 0 Å². The van der Waals surface area contributed by atoms with E-state index in [1.165, 1.54) is 98.5 Å². The molecule has 6 aromatic heterocycles. The molecule has 19 rings (SSSR count). The van der Waals surface area contributed by atoms with E-state index in [0.29, 0.717) is 0 Å². The molecule has 86 heavy (non-hydrogen) atoms. The smallest absolute Gasteiger partial charge is 0.159 e. The van der Waals surface area contributed by atoms with Crippen LogP contribution < -0.4 is 9.80 Å². The lowest BCUT2D eigenvalue weighted by atomic mass is 9.89. The molecule has 0 amide bonds. The standard InChI is InChI=1S/C80H50N4O2/c1-47-33-37-51(38-34-47)81(67-29-15-25-59-55-21-9-11-31-69(55)85-79(59)67)53-41-43-65-63(45-53)57-23-13-27-61-73-72(50-19-7-4-8-20-50)78-74(71(49-17-5-3-6-18-49)77(73)83(65)75(57)61)62-28-14-24-58-64-46-54(42-44-66(64)84(78)76(58)62)82(52-39-35-48(2)36-40-52)68-30-16-26-60-56-22-10-12-32-70(56)86-80(60)68/h3-46H,1-2H3. The Bertz CT molecular complexity index is 5600. The van der Waals surface area contributed by atoms with Crippen LogP contribution in [0.2, 0.25) is 0 Å². The second-order valence-corrected chi connectivity index (χ2v) is 23.3. The number of furan rings is 2. The fourth-order valence-corrected chi connectivity index (χ4v) is 14.8. The Labute approximate surface area is 493 Å². The second-order valence-electron chi connectivity index (χ2n) is 23.3. The van der Waals surface area contributed by atoms with Gasteiger partial charge in [-0.3, -0.25) is 0 Å². The summed E-state index contributed by atoms with van der Waals surface area (Å²) in [4.78, 5) is 4.74. The number of hydrogen-bond donors (Lipinski definition) is 0. The van der Waals surface area contributed by atoms with E-state index in [9.17, 15) is 0 Å². The molecule has 13 aromatic carbocycles. The van der Waals surface area contributed by atoms with Gasteiger partial charge < -0.3 is 27.4 Å². The van der Waals surface area contributed by atoms with Crippen LogP contribution in [0.3, 0.4) is 0 Å². The monoisotopic (exact) mass is 1100 g/mol. The van der Waals surface area contributed by atoms with Crippen molar-refractivity contribution in [1.29, 1.82) is 0 Å². The van der Waals surface area contributed by atoms with E-state index in [1.807, 2.05) is 12.1 Å². The molecule has 0 fully saturated rings. The first-order valence-electron chi connectivity index (χ1n) is 29.6. The molecule has 402 valence electrons. The van der Waals surface area contributed by atoms with Crippen molar-refractivity contribution < 1.29 is 8.83 Å². The van der Waals surface area contributed by atoms with E-state index in [4.69, 9.17) is 8.83 Å². The molecule has 6 heterocycles. The first kappa shape index (κ1) is 47.2. The average molecular weight is 1100 g/mol. The fourth-order valence-electron chi connectivity index (χ4n) is 14.8. The van der Waals surface area contributed by atoms with Crippen molar-refractivity contribution >= 4 is 154 Å². The van der Waals surface area contributed by atoms with Gasteiger partial charge in [0.2, 0.25) is 0 Å². The first-order valence-corrected chi connectivity index (χ1v) is 29.6. The van der Waals surface area contributed by atoms with E-state index in [2.05, 4.69) is 287 Å². The van der Waals surface area contributed by atoms with E-state index >= 15 is 0 Å². The van der Waals surface area contributed by atoms with Crippen molar-refractivity contribution in [3.05, 3.63) is 278 Å². The Morgan fingerprint density at radius 1 is 0.279 bits per heavy atom. The number of aromatic nitrogens is 2. The molecule has 0 aliphatic carbocycles. The molecule has 0 spiro atoms. The van der Waals surface area contributed by atoms with Crippen LogP contribution in [0.4, 0.5) is 34.1 Å². The lowest BCUT2D eigenvalue weighted by Crippen LogP contribution is -2.10. The van der Waals surface area contributed by atoms with Gasteiger partial charge in [-0.15, -0.1) is 0 Å². The van der Waals surface area contributed by atoms with E-state index < -0.39 is 0 Å². The molecule has 0 aliphatic heterocycles. The van der Waals surface area contributed by atoms with Gasteiger partial charge in [0.15, 0.2) is 11.2 Å². The van der Waals surface area contributed by atoms with Crippen molar-refractivity contribution in [3.63, 3.8) is 0 Å². The molecule has 0 saturated carbocycles. The van der Waals surface area contributed by atoms with Crippen molar-refractivity contribution in [2.75, 3.05) is 9.80 Å². The molecular weight excluding hydrogens is 1050 g/mol. The Hall–Kier alpha value is -11.3. The highest BCUT2D eigenvalue weighted by molar-refractivity contribution is 6.38. The predicted octanol–water partition coefficient (Wildman–Crippen LogP) is 22.7. The summed E-state index contributed by atoms with van der Waals surface area (Å²) in [7, 11) is 0. The van der Waals surface area contributed by atoms with Crippen LogP contribution in [0.25, 0.3) is 142 Å². The van der Waals surface area contributed by atoms with Crippen LogP contribution in [-0.4, -0.2) is 8.80 Å². The summed E-state index contributed by atoms with van der Waals surface area (Å²) in [6.45, 7) is 4.29. The number of hydrogen-bond acceptors (Lipinski definition) is 4. The maximum atomic E-state index is 6.78. The molecule has 0 radical (unpaired) electrons. The van der Waals surface area contributed by atoms with E-state index in [-0.39, 0.29) is 0 Å². The molecule has 6 nitrogen and oxygen atoms in total. The molecular formula is C80H50N4O2. The summed E-state index contributed by atoms with van der Waals surface area (Å²) in [5.74, 6) is 0. The van der Waals surface area contributed by atoms with Crippen molar-refractivity contribution in [2.45, 2.75) is 13.8 Å². The molecule has 19 aromatic rings. The zero-order valence-corrected chi connectivity index (χ0v) is 47.0. The lowest BCUT2D eigenvalue weighted by molar-refractivity contribution is 0.668. The van der Waals surface area contributed by atoms with Gasteiger partial charge in [-0.25, -0.2) is 0 Å². The molecule has 6 heteroatoms. The highest BCUT2D eigenvalue weighted by Crippen LogP contribution is 2.55. The summed E-state index contributed by atoms with van der Waals surface area (Å²) >= 11 is 0. The van der Waals surface area contributed by atoms with Gasteiger partial charge >= 0.3 is 0 Å². The van der Waals surface area contributed by atoms with Gasteiger partial charge in [0, 0.05) is 98.5 Å². The maximum absolute atomic E-state index is 6.78.